The predicted molar refractivity (Wildman–Crippen MR) is 49.6 cm³/mol. The molecule has 4 heteroatoms. The molecule has 2 bridgehead atoms. The molecule has 0 atom stereocenters. The standard InChI is InChI=1S/C10H15NO3/c11-8(13)14-10-4-1-9(7-12,2-5-10)3-6-10/h7H,1-6H2,(H2,11,13). The first kappa shape index (κ1) is 9.49. The van der Waals surface area contributed by atoms with Crippen molar-refractivity contribution < 1.29 is 14.3 Å². The summed E-state index contributed by atoms with van der Waals surface area (Å²) in [6, 6.07) is 0. The fraction of sp³-hybridized carbons (Fsp3) is 0.800. The number of carbonyl (C=O) groups is 2. The van der Waals surface area contributed by atoms with Crippen molar-refractivity contribution in [2.45, 2.75) is 44.1 Å². The van der Waals surface area contributed by atoms with Gasteiger partial charge in [-0.1, -0.05) is 0 Å². The van der Waals surface area contributed by atoms with Gasteiger partial charge in [-0.15, -0.1) is 0 Å². The number of carbonyl (C=O) groups excluding carboxylic acids is 2. The zero-order valence-corrected chi connectivity index (χ0v) is 8.12. The first-order valence-electron chi connectivity index (χ1n) is 5.05. The molecule has 0 aromatic rings. The van der Waals surface area contributed by atoms with Crippen LogP contribution in [0, 0.1) is 5.41 Å². The first-order chi connectivity index (χ1) is 6.60. The van der Waals surface area contributed by atoms with Crippen molar-refractivity contribution in [2.75, 3.05) is 0 Å². The second-order valence-corrected chi connectivity index (χ2v) is 4.58. The van der Waals surface area contributed by atoms with Crippen LogP contribution in [0.5, 0.6) is 0 Å². The van der Waals surface area contributed by atoms with Gasteiger partial charge in [0.05, 0.1) is 0 Å². The smallest absolute Gasteiger partial charge is 0.405 e. The van der Waals surface area contributed by atoms with E-state index in [1.807, 2.05) is 0 Å². The lowest BCUT2D eigenvalue weighted by Crippen LogP contribution is -2.49. The average molecular weight is 197 g/mol. The molecule has 14 heavy (non-hydrogen) atoms. The van der Waals surface area contributed by atoms with Crippen molar-refractivity contribution in [1.82, 2.24) is 0 Å². The van der Waals surface area contributed by atoms with Gasteiger partial charge in [0.1, 0.15) is 11.9 Å². The van der Waals surface area contributed by atoms with Crippen LogP contribution in [0.3, 0.4) is 0 Å². The van der Waals surface area contributed by atoms with Gasteiger partial charge in [-0.25, -0.2) is 4.79 Å². The van der Waals surface area contributed by atoms with E-state index in [-0.39, 0.29) is 11.0 Å². The van der Waals surface area contributed by atoms with Crippen LogP contribution < -0.4 is 5.73 Å². The Bertz CT molecular complexity index is 250. The van der Waals surface area contributed by atoms with Gasteiger partial charge in [0.25, 0.3) is 0 Å². The molecule has 0 heterocycles. The summed E-state index contributed by atoms with van der Waals surface area (Å²) < 4.78 is 5.18. The Labute approximate surface area is 82.8 Å². The number of hydrogen-bond acceptors (Lipinski definition) is 3. The van der Waals surface area contributed by atoms with Crippen LogP contribution in [0.15, 0.2) is 0 Å². The lowest BCUT2D eigenvalue weighted by atomic mass is 9.59. The van der Waals surface area contributed by atoms with E-state index in [9.17, 15) is 9.59 Å². The maximum Gasteiger partial charge on any atom is 0.405 e. The quantitative estimate of drug-likeness (QED) is 0.680. The highest BCUT2D eigenvalue weighted by atomic mass is 16.6. The number of rotatable bonds is 2. The molecule has 78 valence electrons. The van der Waals surface area contributed by atoms with Crippen LogP contribution in [0.1, 0.15) is 38.5 Å². The fourth-order valence-electron chi connectivity index (χ4n) is 2.72. The van der Waals surface area contributed by atoms with Crippen LogP contribution in [0.2, 0.25) is 0 Å². The van der Waals surface area contributed by atoms with Crippen LogP contribution in [0.25, 0.3) is 0 Å². The third-order valence-electron chi connectivity index (χ3n) is 3.80. The Morgan fingerprint density at radius 1 is 1.14 bits per heavy atom. The lowest BCUT2D eigenvalue weighted by molar-refractivity contribution is -0.133. The monoisotopic (exact) mass is 197 g/mol. The van der Waals surface area contributed by atoms with E-state index in [2.05, 4.69) is 0 Å². The summed E-state index contributed by atoms with van der Waals surface area (Å²) >= 11 is 0. The fourth-order valence-corrected chi connectivity index (χ4v) is 2.72. The number of hydrogen-bond donors (Lipinski definition) is 1. The zero-order valence-electron chi connectivity index (χ0n) is 8.12. The van der Waals surface area contributed by atoms with E-state index < -0.39 is 6.09 Å². The summed E-state index contributed by atoms with van der Waals surface area (Å²) in [4.78, 5) is 21.7. The van der Waals surface area contributed by atoms with Crippen LogP contribution >= 0.6 is 0 Å². The molecule has 4 nitrogen and oxygen atoms in total. The Balaban J connectivity index is 2.08. The van der Waals surface area contributed by atoms with E-state index in [0.717, 1.165) is 44.8 Å². The molecule has 0 aliphatic heterocycles. The van der Waals surface area contributed by atoms with E-state index in [0.29, 0.717) is 0 Å². The maximum absolute atomic E-state index is 10.9. The molecule has 0 radical (unpaired) electrons. The number of aldehydes is 1. The van der Waals surface area contributed by atoms with Gasteiger partial charge < -0.3 is 15.3 Å². The molecule has 3 saturated carbocycles. The highest BCUT2D eigenvalue weighted by Gasteiger charge is 2.50. The molecule has 3 rings (SSSR count). The zero-order chi connectivity index (χ0) is 10.2. The molecule has 2 N–H and O–H groups in total. The number of ether oxygens (including phenoxy) is 1. The van der Waals surface area contributed by atoms with Crippen LogP contribution in [-0.4, -0.2) is 18.0 Å². The highest BCUT2D eigenvalue weighted by Crippen LogP contribution is 2.52. The largest absolute Gasteiger partial charge is 0.443 e. The van der Waals surface area contributed by atoms with Gasteiger partial charge >= 0.3 is 6.09 Å². The molecular weight excluding hydrogens is 182 g/mol. The van der Waals surface area contributed by atoms with Gasteiger partial charge in [0.15, 0.2) is 0 Å². The number of nitrogens with two attached hydrogens (primary N) is 1. The van der Waals surface area contributed by atoms with Crippen LogP contribution in [0.4, 0.5) is 4.79 Å². The van der Waals surface area contributed by atoms with Crippen molar-refractivity contribution in [1.29, 1.82) is 0 Å². The van der Waals surface area contributed by atoms with Crippen molar-refractivity contribution >= 4 is 12.4 Å². The molecule has 3 fully saturated rings. The van der Waals surface area contributed by atoms with Crippen LogP contribution in [-0.2, 0) is 9.53 Å². The van der Waals surface area contributed by atoms with E-state index >= 15 is 0 Å². The first-order valence-corrected chi connectivity index (χ1v) is 5.05. The Morgan fingerprint density at radius 2 is 1.64 bits per heavy atom. The molecule has 0 spiro atoms. The van der Waals surface area contributed by atoms with Gasteiger partial charge in [0.2, 0.25) is 0 Å². The van der Waals surface area contributed by atoms with Crippen molar-refractivity contribution in [3.63, 3.8) is 0 Å². The second-order valence-electron chi connectivity index (χ2n) is 4.58. The van der Waals surface area contributed by atoms with E-state index in [1.54, 1.807) is 0 Å². The van der Waals surface area contributed by atoms with Gasteiger partial charge in [0, 0.05) is 5.41 Å². The normalized spacial score (nSPS) is 40.6. The third-order valence-corrected chi connectivity index (χ3v) is 3.80. The predicted octanol–water partition coefficient (Wildman–Crippen LogP) is 1.37. The molecule has 0 saturated heterocycles. The number of primary amides is 1. The molecule has 3 aliphatic carbocycles. The molecule has 1 amide bonds. The minimum absolute atomic E-state index is 0.122. The summed E-state index contributed by atoms with van der Waals surface area (Å²) in [5.41, 5.74) is 4.56. The molecule has 0 unspecified atom stereocenters. The van der Waals surface area contributed by atoms with Gasteiger partial charge in [-0.3, -0.25) is 0 Å². The number of fused-ring (bicyclic) bond motifs is 3. The Kier molecular flexibility index (Phi) is 2.01. The Hall–Kier alpha value is -1.06. The molecule has 0 aromatic heterocycles. The summed E-state index contributed by atoms with van der Waals surface area (Å²) in [5, 5.41) is 0. The minimum Gasteiger partial charge on any atom is -0.443 e. The second kappa shape index (κ2) is 2.97. The number of amides is 1. The van der Waals surface area contributed by atoms with Gasteiger partial charge in [-0.05, 0) is 38.5 Å². The summed E-state index contributed by atoms with van der Waals surface area (Å²) in [6.07, 6.45) is 5.26. The van der Waals surface area contributed by atoms with E-state index in [1.165, 1.54) is 0 Å². The topological polar surface area (TPSA) is 69.4 Å². The van der Waals surface area contributed by atoms with Crippen molar-refractivity contribution in [3.05, 3.63) is 0 Å². The molecule has 0 aromatic carbocycles. The minimum atomic E-state index is -0.689. The summed E-state index contributed by atoms with van der Waals surface area (Å²) in [7, 11) is 0. The van der Waals surface area contributed by atoms with E-state index in [4.69, 9.17) is 10.5 Å². The Morgan fingerprint density at radius 3 is 2.00 bits per heavy atom. The molecule has 3 aliphatic rings. The summed E-state index contributed by atoms with van der Waals surface area (Å²) in [5.74, 6) is 0. The lowest BCUT2D eigenvalue weighted by Gasteiger charge is -2.49. The van der Waals surface area contributed by atoms with Gasteiger partial charge in [-0.2, -0.15) is 0 Å². The molecular formula is C10H15NO3. The SMILES string of the molecule is NC(=O)OC12CCC(C=O)(CC1)CC2. The van der Waals surface area contributed by atoms with Crippen molar-refractivity contribution in [3.8, 4) is 0 Å². The maximum atomic E-state index is 10.9. The van der Waals surface area contributed by atoms with Crippen molar-refractivity contribution in [2.24, 2.45) is 11.1 Å². The highest BCUT2D eigenvalue weighted by molar-refractivity contribution is 5.66. The summed E-state index contributed by atoms with van der Waals surface area (Å²) in [6.45, 7) is 0. The third kappa shape index (κ3) is 1.38. The average Bonchev–Trinajstić information content (AvgIpc) is 2.19.